The van der Waals surface area contributed by atoms with Crippen LogP contribution in [0.2, 0.25) is 0 Å². The highest BCUT2D eigenvalue weighted by Gasteiger charge is 2.35. The van der Waals surface area contributed by atoms with E-state index in [1.807, 2.05) is 41.3 Å². The molecule has 0 fully saturated rings. The lowest BCUT2D eigenvalue weighted by Gasteiger charge is -2.36. The number of rotatable bonds is 1. The topological polar surface area (TPSA) is 80.7 Å². The van der Waals surface area contributed by atoms with Gasteiger partial charge in [-0.25, -0.2) is 4.98 Å². The summed E-state index contributed by atoms with van der Waals surface area (Å²) in [6.07, 6.45) is 6.10. The Bertz CT molecular complexity index is 2740. The number of pyridine rings is 1. The summed E-state index contributed by atoms with van der Waals surface area (Å²) in [5.41, 5.74) is 10.1. The Morgan fingerprint density at radius 1 is 0.721 bits per heavy atom. The van der Waals surface area contributed by atoms with Crippen LogP contribution in [0.5, 0.6) is 0 Å². The number of hydrogen-bond donors (Lipinski definition) is 1. The fourth-order valence-corrected chi connectivity index (χ4v) is 8.02. The molecule has 1 unspecified atom stereocenters. The lowest BCUT2D eigenvalue weighted by molar-refractivity contribution is 0.0977. The van der Waals surface area contributed by atoms with Gasteiger partial charge in [0, 0.05) is 27.1 Å². The summed E-state index contributed by atoms with van der Waals surface area (Å²) in [5, 5.41) is 11.9. The number of benzene rings is 6. The van der Waals surface area contributed by atoms with Crippen molar-refractivity contribution in [2.75, 3.05) is 10.6 Å². The second-order valence-electron chi connectivity index (χ2n) is 11.9. The molecule has 3 heterocycles. The molecule has 0 saturated carbocycles. The third kappa shape index (κ3) is 2.63. The van der Waals surface area contributed by atoms with Crippen LogP contribution < -0.4 is 26.9 Å². The summed E-state index contributed by atoms with van der Waals surface area (Å²) < 4.78 is 1.80. The molecule has 0 bridgehead atoms. The SMILES string of the molecule is CC1c2ccc3c4ccc5c(=O)n6c7c(nc6c6ccc(c8ccc(c2c38)C(=O)N1c1ccccc1N)c4c56)=CCCC=7. The number of hydrogen-bond acceptors (Lipinski definition) is 4. The molecule has 6 aromatic carbocycles. The summed E-state index contributed by atoms with van der Waals surface area (Å²) in [7, 11) is 0. The van der Waals surface area contributed by atoms with Gasteiger partial charge in [-0.2, -0.15) is 0 Å². The van der Waals surface area contributed by atoms with Crippen LogP contribution in [0.4, 0.5) is 11.4 Å². The predicted molar refractivity (Wildman–Crippen MR) is 175 cm³/mol. The number of carbonyl (C=O) groups excluding carboxylic acids is 1. The highest BCUT2D eigenvalue weighted by Crippen LogP contribution is 2.48. The van der Waals surface area contributed by atoms with Gasteiger partial charge in [0.15, 0.2) is 0 Å². The zero-order chi connectivity index (χ0) is 28.7. The van der Waals surface area contributed by atoms with Crippen molar-refractivity contribution in [2.24, 2.45) is 0 Å². The summed E-state index contributed by atoms with van der Waals surface area (Å²) in [6.45, 7) is 2.07. The van der Waals surface area contributed by atoms with Crippen LogP contribution in [-0.4, -0.2) is 15.3 Å². The van der Waals surface area contributed by atoms with Gasteiger partial charge in [0.2, 0.25) is 0 Å². The average molecular weight is 557 g/mol. The van der Waals surface area contributed by atoms with Gasteiger partial charge < -0.3 is 5.73 Å². The number of para-hydroxylation sites is 2. The van der Waals surface area contributed by atoms with Crippen LogP contribution in [0.3, 0.4) is 0 Å². The average Bonchev–Trinajstić information content (AvgIpc) is 3.43. The fourth-order valence-electron chi connectivity index (χ4n) is 8.02. The molecule has 1 atom stereocenters. The lowest BCUT2D eigenvalue weighted by atomic mass is 9.82. The second kappa shape index (κ2) is 7.66. The van der Waals surface area contributed by atoms with E-state index in [2.05, 4.69) is 55.5 Å². The number of carbonyl (C=O) groups is 1. The molecule has 43 heavy (non-hydrogen) atoms. The summed E-state index contributed by atoms with van der Waals surface area (Å²) >= 11 is 0. The summed E-state index contributed by atoms with van der Waals surface area (Å²) in [5.74, 6) is -0.0485. The standard InChI is InChI=1S/C37H24N4O2/c1-18-19-10-11-20-23-14-17-26-34-24(35-39-28-7-3-5-9-30(28)41(35)37(26)43)15-12-21(33(23)34)22-13-16-25(31(19)32(20)22)36(42)40(18)29-8-4-2-6-27(29)38/h2,4,6-18H,3,5,38H2,1H3. The fraction of sp³-hybridized carbons (Fsp3) is 0.108. The van der Waals surface area contributed by atoms with Crippen molar-refractivity contribution in [1.29, 1.82) is 0 Å². The zero-order valence-electron chi connectivity index (χ0n) is 23.3. The smallest absolute Gasteiger partial charge is 0.264 e. The number of anilines is 2. The lowest BCUT2D eigenvalue weighted by Crippen LogP contribution is -2.37. The number of amides is 1. The second-order valence-corrected chi connectivity index (χ2v) is 11.9. The number of aromatic nitrogens is 2. The Morgan fingerprint density at radius 3 is 2.14 bits per heavy atom. The first kappa shape index (κ1) is 23.1. The third-order valence-electron chi connectivity index (χ3n) is 9.87. The number of nitrogens with two attached hydrogens (primary N) is 1. The minimum Gasteiger partial charge on any atom is -0.397 e. The van der Waals surface area contributed by atoms with Crippen molar-refractivity contribution >= 4 is 88.9 Å². The summed E-state index contributed by atoms with van der Waals surface area (Å²) in [6, 6.07) is 24.1. The monoisotopic (exact) mass is 556 g/mol. The maximum atomic E-state index is 14.1. The van der Waals surface area contributed by atoms with Crippen molar-refractivity contribution in [3.8, 4) is 0 Å². The Balaban J connectivity index is 1.35. The zero-order valence-corrected chi connectivity index (χ0v) is 23.3. The highest BCUT2D eigenvalue weighted by molar-refractivity contribution is 6.39. The highest BCUT2D eigenvalue weighted by atomic mass is 16.2. The Labute approximate surface area is 244 Å². The molecular weight excluding hydrogens is 532 g/mol. The van der Waals surface area contributed by atoms with Crippen LogP contribution in [0.15, 0.2) is 77.6 Å². The molecule has 2 aromatic heterocycles. The van der Waals surface area contributed by atoms with Gasteiger partial charge in [0.05, 0.1) is 28.1 Å². The molecule has 8 aromatic rings. The van der Waals surface area contributed by atoms with E-state index in [1.165, 1.54) is 0 Å². The molecule has 2 aliphatic rings. The molecule has 1 amide bonds. The van der Waals surface area contributed by atoms with Crippen molar-refractivity contribution < 1.29 is 4.79 Å². The molecule has 0 spiro atoms. The van der Waals surface area contributed by atoms with E-state index >= 15 is 0 Å². The Hall–Kier alpha value is -5.49. The van der Waals surface area contributed by atoms with Gasteiger partial charge in [0.1, 0.15) is 5.65 Å². The maximum Gasteiger partial charge on any atom is 0.264 e. The van der Waals surface area contributed by atoms with E-state index in [-0.39, 0.29) is 17.5 Å². The normalized spacial score (nSPS) is 16.6. The van der Waals surface area contributed by atoms with Crippen LogP contribution in [0.1, 0.15) is 41.7 Å². The van der Waals surface area contributed by atoms with E-state index in [4.69, 9.17) is 10.7 Å². The van der Waals surface area contributed by atoms with Crippen LogP contribution >= 0.6 is 0 Å². The predicted octanol–water partition coefficient (Wildman–Crippen LogP) is 5.99. The summed E-state index contributed by atoms with van der Waals surface area (Å²) in [4.78, 5) is 34.9. The van der Waals surface area contributed by atoms with Gasteiger partial charge in [-0.05, 0) is 88.0 Å². The molecule has 1 aliphatic heterocycles. The molecule has 0 saturated heterocycles. The van der Waals surface area contributed by atoms with E-state index < -0.39 is 0 Å². The van der Waals surface area contributed by atoms with Crippen molar-refractivity contribution in [3.05, 3.63) is 105 Å². The van der Waals surface area contributed by atoms with Gasteiger partial charge in [-0.15, -0.1) is 0 Å². The minimum absolute atomic E-state index is 0.0257. The number of fused-ring (bicyclic) bond motifs is 6. The molecule has 204 valence electrons. The first-order valence-electron chi connectivity index (χ1n) is 14.8. The van der Waals surface area contributed by atoms with E-state index in [0.717, 1.165) is 88.9 Å². The Kier molecular flexibility index (Phi) is 4.12. The molecule has 2 N–H and O–H groups in total. The third-order valence-corrected chi connectivity index (χ3v) is 9.87. The van der Waals surface area contributed by atoms with E-state index in [9.17, 15) is 9.59 Å². The molecule has 6 heteroatoms. The van der Waals surface area contributed by atoms with Crippen molar-refractivity contribution in [1.82, 2.24) is 9.38 Å². The maximum absolute atomic E-state index is 14.1. The number of imidazole rings is 1. The van der Waals surface area contributed by atoms with Gasteiger partial charge in [-0.1, -0.05) is 54.6 Å². The molecule has 0 radical (unpaired) electrons. The first-order valence-corrected chi connectivity index (χ1v) is 14.8. The number of nitrogens with zero attached hydrogens (tertiary/aromatic N) is 3. The minimum atomic E-state index is -0.193. The van der Waals surface area contributed by atoms with Crippen molar-refractivity contribution in [3.63, 3.8) is 0 Å². The van der Waals surface area contributed by atoms with Gasteiger partial charge in [-0.3, -0.25) is 18.9 Å². The van der Waals surface area contributed by atoms with Gasteiger partial charge in [0.25, 0.3) is 11.5 Å². The Morgan fingerprint density at radius 2 is 1.35 bits per heavy atom. The largest absolute Gasteiger partial charge is 0.397 e. The van der Waals surface area contributed by atoms with Gasteiger partial charge >= 0.3 is 0 Å². The first-order chi connectivity index (χ1) is 21.0. The quantitative estimate of drug-likeness (QED) is 0.153. The van der Waals surface area contributed by atoms with E-state index in [1.54, 1.807) is 4.40 Å². The molecule has 10 rings (SSSR count). The van der Waals surface area contributed by atoms with Crippen molar-refractivity contribution in [2.45, 2.75) is 25.8 Å². The van der Waals surface area contributed by atoms with Crippen LogP contribution in [0, 0.1) is 0 Å². The van der Waals surface area contributed by atoms with Crippen LogP contribution in [-0.2, 0) is 0 Å². The van der Waals surface area contributed by atoms with E-state index in [0.29, 0.717) is 16.6 Å². The molecule has 1 aliphatic carbocycles. The molecule has 6 nitrogen and oxygen atoms in total. The molecular formula is C37H24N4O2. The van der Waals surface area contributed by atoms with Crippen LogP contribution in [0.25, 0.3) is 71.7 Å². The number of nitrogen functional groups attached to an aromatic ring is 1.